The summed E-state index contributed by atoms with van der Waals surface area (Å²) in [5.41, 5.74) is 1.77. The fourth-order valence-corrected chi connectivity index (χ4v) is 3.74. The van der Waals surface area contributed by atoms with E-state index in [9.17, 15) is 4.79 Å². The SMILES string of the molecule is CN1C2COCC1CC(C(=O)c1ccc(-n3cccn3)cc1)C2. The Kier molecular flexibility index (Phi) is 3.75. The van der Waals surface area contributed by atoms with Crippen molar-refractivity contribution in [3.05, 3.63) is 48.3 Å². The lowest BCUT2D eigenvalue weighted by Crippen LogP contribution is -2.55. The van der Waals surface area contributed by atoms with E-state index in [0.717, 1.165) is 37.3 Å². The van der Waals surface area contributed by atoms with Gasteiger partial charge in [-0.2, -0.15) is 5.10 Å². The van der Waals surface area contributed by atoms with Crippen molar-refractivity contribution < 1.29 is 9.53 Å². The summed E-state index contributed by atoms with van der Waals surface area (Å²) in [5.74, 6) is 0.377. The van der Waals surface area contributed by atoms with Gasteiger partial charge in [-0.05, 0) is 50.2 Å². The molecule has 120 valence electrons. The highest BCUT2D eigenvalue weighted by atomic mass is 16.5. The molecule has 5 nitrogen and oxygen atoms in total. The lowest BCUT2D eigenvalue weighted by atomic mass is 9.81. The van der Waals surface area contributed by atoms with E-state index in [1.54, 1.807) is 10.9 Å². The van der Waals surface area contributed by atoms with Gasteiger partial charge in [0.15, 0.2) is 5.78 Å². The van der Waals surface area contributed by atoms with Gasteiger partial charge in [0.2, 0.25) is 0 Å². The molecule has 0 amide bonds. The number of likely N-dealkylation sites (N-methyl/N-ethyl adjacent to an activating group) is 1. The first-order valence-electron chi connectivity index (χ1n) is 8.16. The molecule has 3 heterocycles. The molecule has 0 saturated carbocycles. The van der Waals surface area contributed by atoms with Gasteiger partial charge in [-0.1, -0.05) is 0 Å². The van der Waals surface area contributed by atoms with Crippen LogP contribution in [0.3, 0.4) is 0 Å². The highest BCUT2D eigenvalue weighted by Crippen LogP contribution is 2.32. The average molecular weight is 311 g/mol. The maximum Gasteiger partial charge on any atom is 0.166 e. The van der Waals surface area contributed by atoms with Crippen LogP contribution in [0.4, 0.5) is 0 Å². The number of morpholine rings is 1. The van der Waals surface area contributed by atoms with E-state index in [4.69, 9.17) is 4.74 Å². The van der Waals surface area contributed by atoms with Gasteiger partial charge in [0, 0.05) is 36.0 Å². The summed E-state index contributed by atoms with van der Waals surface area (Å²) in [7, 11) is 2.15. The average Bonchev–Trinajstić information content (AvgIpc) is 3.08. The first-order chi connectivity index (χ1) is 11.2. The van der Waals surface area contributed by atoms with Gasteiger partial charge in [-0.25, -0.2) is 4.68 Å². The Morgan fingerprint density at radius 3 is 2.48 bits per heavy atom. The molecule has 2 bridgehead atoms. The number of hydrogen-bond donors (Lipinski definition) is 0. The molecule has 0 radical (unpaired) electrons. The van der Waals surface area contributed by atoms with Gasteiger partial charge < -0.3 is 4.74 Å². The predicted molar refractivity (Wildman–Crippen MR) is 86.8 cm³/mol. The number of aromatic nitrogens is 2. The van der Waals surface area contributed by atoms with Crippen molar-refractivity contribution >= 4 is 5.78 Å². The van der Waals surface area contributed by atoms with Crippen LogP contribution in [-0.4, -0.2) is 52.8 Å². The monoisotopic (exact) mass is 311 g/mol. The van der Waals surface area contributed by atoms with Crippen LogP contribution in [0.5, 0.6) is 0 Å². The molecule has 2 aromatic rings. The first kappa shape index (κ1) is 14.6. The summed E-state index contributed by atoms with van der Waals surface area (Å²) in [6.45, 7) is 1.49. The fraction of sp³-hybridized carbons (Fsp3) is 0.444. The minimum atomic E-state index is 0.112. The lowest BCUT2D eigenvalue weighted by molar-refractivity contribution is -0.0702. The molecule has 2 unspecified atom stereocenters. The summed E-state index contributed by atoms with van der Waals surface area (Å²) < 4.78 is 7.43. The number of fused-ring (bicyclic) bond motifs is 2. The standard InChI is InChI=1S/C18H21N3O2/c1-20-16-9-14(10-17(20)12-23-11-16)18(22)13-3-5-15(6-4-13)21-8-2-7-19-21/h2-8,14,16-17H,9-12H2,1H3. The van der Waals surface area contributed by atoms with Gasteiger partial charge in [0.1, 0.15) is 0 Å². The minimum absolute atomic E-state index is 0.112. The minimum Gasteiger partial charge on any atom is -0.378 e. The molecule has 1 aromatic carbocycles. The Morgan fingerprint density at radius 1 is 1.17 bits per heavy atom. The van der Waals surface area contributed by atoms with Crippen LogP contribution in [-0.2, 0) is 4.74 Å². The Labute approximate surface area is 135 Å². The molecular formula is C18H21N3O2. The molecule has 0 aliphatic carbocycles. The molecule has 2 atom stereocenters. The second kappa shape index (κ2) is 5.91. The molecule has 2 saturated heterocycles. The smallest absolute Gasteiger partial charge is 0.166 e. The number of nitrogens with zero attached hydrogens (tertiary/aromatic N) is 3. The molecule has 0 N–H and O–H groups in total. The second-order valence-electron chi connectivity index (χ2n) is 6.54. The van der Waals surface area contributed by atoms with Crippen LogP contribution in [0.25, 0.3) is 5.69 Å². The highest BCUT2D eigenvalue weighted by Gasteiger charge is 2.39. The molecule has 0 spiro atoms. The van der Waals surface area contributed by atoms with E-state index in [-0.39, 0.29) is 11.7 Å². The number of hydrogen-bond acceptors (Lipinski definition) is 4. The molecule has 2 aliphatic heterocycles. The third-order valence-electron chi connectivity index (χ3n) is 5.18. The lowest BCUT2D eigenvalue weighted by Gasteiger charge is -2.46. The summed E-state index contributed by atoms with van der Waals surface area (Å²) in [6.07, 6.45) is 5.44. The molecule has 2 fully saturated rings. The fourth-order valence-electron chi connectivity index (χ4n) is 3.74. The van der Waals surface area contributed by atoms with Crippen molar-refractivity contribution in [1.29, 1.82) is 0 Å². The van der Waals surface area contributed by atoms with Crippen LogP contribution in [0.1, 0.15) is 23.2 Å². The predicted octanol–water partition coefficient (Wildman–Crippen LogP) is 2.16. The molecule has 2 aliphatic rings. The largest absolute Gasteiger partial charge is 0.378 e. The Hall–Kier alpha value is -1.98. The zero-order valence-electron chi connectivity index (χ0n) is 13.3. The maximum absolute atomic E-state index is 12.9. The van der Waals surface area contributed by atoms with Crippen LogP contribution >= 0.6 is 0 Å². The molecule has 1 aromatic heterocycles. The summed E-state index contributed by atoms with van der Waals surface area (Å²) >= 11 is 0. The highest BCUT2D eigenvalue weighted by molar-refractivity contribution is 5.98. The number of piperidine rings is 1. The zero-order valence-corrected chi connectivity index (χ0v) is 13.3. The number of rotatable bonds is 3. The normalized spacial score (nSPS) is 27.8. The van der Waals surface area contributed by atoms with Crippen LogP contribution in [0.15, 0.2) is 42.7 Å². The van der Waals surface area contributed by atoms with Gasteiger partial charge in [0.25, 0.3) is 0 Å². The van der Waals surface area contributed by atoms with E-state index >= 15 is 0 Å². The molecule has 5 heteroatoms. The number of Topliss-reactive ketones (excluding diaryl/α,β-unsaturated/α-hetero) is 1. The quantitative estimate of drug-likeness (QED) is 0.815. The van der Waals surface area contributed by atoms with E-state index in [1.165, 1.54) is 0 Å². The van der Waals surface area contributed by atoms with Gasteiger partial charge in [-0.3, -0.25) is 9.69 Å². The van der Waals surface area contributed by atoms with Crippen molar-refractivity contribution in [3.8, 4) is 5.69 Å². The van der Waals surface area contributed by atoms with Crippen molar-refractivity contribution in [2.45, 2.75) is 24.9 Å². The number of benzene rings is 1. The third-order valence-corrected chi connectivity index (χ3v) is 5.18. The van der Waals surface area contributed by atoms with E-state index in [0.29, 0.717) is 12.1 Å². The van der Waals surface area contributed by atoms with E-state index in [2.05, 4.69) is 17.0 Å². The van der Waals surface area contributed by atoms with Crippen molar-refractivity contribution in [1.82, 2.24) is 14.7 Å². The van der Waals surface area contributed by atoms with E-state index in [1.807, 2.05) is 36.5 Å². The second-order valence-corrected chi connectivity index (χ2v) is 6.54. The van der Waals surface area contributed by atoms with Crippen molar-refractivity contribution in [3.63, 3.8) is 0 Å². The molecule has 4 rings (SSSR count). The Morgan fingerprint density at radius 2 is 1.87 bits per heavy atom. The number of carbonyl (C=O) groups excluding carboxylic acids is 1. The number of ketones is 1. The van der Waals surface area contributed by atoms with Crippen LogP contribution in [0.2, 0.25) is 0 Å². The number of carbonyl (C=O) groups is 1. The van der Waals surface area contributed by atoms with Crippen LogP contribution in [0, 0.1) is 5.92 Å². The Bertz CT molecular complexity index is 667. The first-order valence-corrected chi connectivity index (χ1v) is 8.16. The van der Waals surface area contributed by atoms with E-state index < -0.39 is 0 Å². The molecule has 23 heavy (non-hydrogen) atoms. The van der Waals surface area contributed by atoms with Crippen molar-refractivity contribution in [2.24, 2.45) is 5.92 Å². The van der Waals surface area contributed by atoms with Crippen LogP contribution < -0.4 is 0 Å². The number of ether oxygens (including phenoxy) is 1. The summed E-state index contributed by atoms with van der Waals surface area (Å²) in [5, 5.41) is 4.21. The van der Waals surface area contributed by atoms with Gasteiger partial charge in [-0.15, -0.1) is 0 Å². The zero-order chi connectivity index (χ0) is 15.8. The van der Waals surface area contributed by atoms with Gasteiger partial charge in [0.05, 0.1) is 18.9 Å². The summed E-state index contributed by atoms with van der Waals surface area (Å²) in [6, 6.07) is 10.4. The third kappa shape index (κ3) is 2.71. The van der Waals surface area contributed by atoms with Crippen molar-refractivity contribution in [2.75, 3.05) is 20.3 Å². The van der Waals surface area contributed by atoms with Gasteiger partial charge >= 0.3 is 0 Å². The Balaban J connectivity index is 1.51. The summed E-state index contributed by atoms with van der Waals surface area (Å²) in [4.78, 5) is 15.2. The maximum atomic E-state index is 12.9. The topological polar surface area (TPSA) is 47.4 Å². The molecular weight excluding hydrogens is 290 g/mol.